The lowest BCUT2D eigenvalue weighted by molar-refractivity contribution is 1.26. The molecule has 0 amide bonds. The summed E-state index contributed by atoms with van der Waals surface area (Å²) in [5.74, 6) is 0.441. The van der Waals surface area contributed by atoms with E-state index < -0.39 is 0 Å². The zero-order valence-electron chi connectivity index (χ0n) is 8.97. The molecular weight excluding hydrogens is 236 g/mol. The highest BCUT2D eigenvalue weighted by Crippen LogP contribution is 2.27. The van der Waals surface area contributed by atoms with Crippen molar-refractivity contribution in [2.45, 2.75) is 0 Å². The first kappa shape index (κ1) is 11.4. The highest BCUT2D eigenvalue weighted by molar-refractivity contribution is 6.33. The topological polar surface area (TPSA) is 77.3 Å². The molecule has 1 aromatic heterocycles. The molecule has 1 heterocycles. The van der Waals surface area contributed by atoms with Crippen molar-refractivity contribution in [1.29, 1.82) is 0 Å². The third kappa shape index (κ3) is 2.73. The van der Waals surface area contributed by atoms with Crippen LogP contribution in [-0.4, -0.2) is 10.9 Å². The Morgan fingerprint density at radius 3 is 2.53 bits per heavy atom. The quantitative estimate of drug-likeness (QED) is 0.631. The minimum Gasteiger partial charge on any atom is -0.370 e. The first-order valence-electron chi connectivity index (χ1n) is 4.98. The highest BCUT2D eigenvalue weighted by Gasteiger charge is 2.04. The molecule has 4 N–H and O–H groups in total. The zero-order chi connectivity index (χ0) is 12.3. The van der Waals surface area contributed by atoms with E-state index >= 15 is 0 Å². The number of benzene rings is 1. The Labute approximate surface area is 104 Å². The monoisotopic (exact) mass is 246 g/mol. The van der Waals surface area contributed by atoms with Gasteiger partial charge in [0, 0.05) is 10.6 Å². The normalized spacial score (nSPS) is 9.94. The SMILES string of the molecule is NC(N)=Nc1cccc(-c2ccccc2Cl)n1. The second-order valence-corrected chi connectivity index (χ2v) is 3.80. The van der Waals surface area contributed by atoms with E-state index in [-0.39, 0.29) is 5.96 Å². The van der Waals surface area contributed by atoms with Crippen molar-refractivity contribution in [3.8, 4) is 11.3 Å². The molecule has 0 aliphatic heterocycles. The Hall–Kier alpha value is -2.07. The number of nitrogens with two attached hydrogens (primary N) is 2. The number of nitrogens with zero attached hydrogens (tertiary/aromatic N) is 2. The second kappa shape index (κ2) is 4.84. The molecule has 1 aromatic carbocycles. The van der Waals surface area contributed by atoms with Gasteiger partial charge in [0.25, 0.3) is 0 Å². The van der Waals surface area contributed by atoms with Gasteiger partial charge in [0.15, 0.2) is 11.8 Å². The van der Waals surface area contributed by atoms with Gasteiger partial charge in [0.1, 0.15) is 0 Å². The van der Waals surface area contributed by atoms with Crippen LogP contribution in [0.4, 0.5) is 5.82 Å². The van der Waals surface area contributed by atoms with E-state index in [0.29, 0.717) is 10.8 Å². The Balaban J connectivity index is 2.47. The molecule has 0 atom stereocenters. The summed E-state index contributed by atoms with van der Waals surface area (Å²) in [5, 5.41) is 0.641. The maximum atomic E-state index is 6.09. The third-order valence-electron chi connectivity index (χ3n) is 2.13. The van der Waals surface area contributed by atoms with Gasteiger partial charge in [-0.3, -0.25) is 0 Å². The van der Waals surface area contributed by atoms with E-state index in [1.807, 2.05) is 36.4 Å². The van der Waals surface area contributed by atoms with Crippen LogP contribution in [0.3, 0.4) is 0 Å². The van der Waals surface area contributed by atoms with Gasteiger partial charge in [-0.15, -0.1) is 0 Å². The zero-order valence-corrected chi connectivity index (χ0v) is 9.72. The van der Waals surface area contributed by atoms with E-state index in [9.17, 15) is 0 Å². The molecule has 0 saturated heterocycles. The predicted molar refractivity (Wildman–Crippen MR) is 70.2 cm³/mol. The van der Waals surface area contributed by atoms with Crippen LogP contribution in [0.25, 0.3) is 11.3 Å². The highest BCUT2D eigenvalue weighted by atomic mass is 35.5. The van der Waals surface area contributed by atoms with E-state index in [1.54, 1.807) is 6.07 Å². The lowest BCUT2D eigenvalue weighted by Gasteiger charge is -2.03. The van der Waals surface area contributed by atoms with Gasteiger partial charge in [-0.25, -0.2) is 4.98 Å². The number of hydrogen-bond donors (Lipinski definition) is 2. The van der Waals surface area contributed by atoms with Crippen LogP contribution in [0, 0.1) is 0 Å². The lowest BCUT2D eigenvalue weighted by atomic mass is 10.1. The molecule has 0 aliphatic rings. The fraction of sp³-hybridized carbons (Fsp3) is 0. The molecule has 86 valence electrons. The van der Waals surface area contributed by atoms with Crippen LogP contribution in [0.15, 0.2) is 47.5 Å². The first-order chi connectivity index (χ1) is 8.16. The molecule has 0 aliphatic carbocycles. The fourth-order valence-electron chi connectivity index (χ4n) is 1.44. The van der Waals surface area contributed by atoms with Crippen molar-refractivity contribution < 1.29 is 0 Å². The maximum absolute atomic E-state index is 6.09. The Morgan fingerprint density at radius 1 is 1.06 bits per heavy atom. The van der Waals surface area contributed by atoms with Crippen LogP contribution in [0.1, 0.15) is 0 Å². The molecular formula is C12H11ClN4. The summed E-state index contributed by atoms with van der Waals surface area (Å²) in [7, 11) is 0. The second-order valence-electron chi connectivity index (χ2n) is 3.40. The molecule has 4 nitrogen and oxygen atoms in total. The summed E-state index contributed by atoms with van der Waals surface area (Å²) < 4.78 is 0. The smallest absolute Gasteiger partial charge is 0.192 e. The molecule has 2 aromatic rings. The van der Waals surface area contributed by atoms with Gasteiger partial charge in [-0.2, -0.15) is 4.99 Å². The molecule has 0 saturated carbocycles. The average molecular weight is 247 g/mol. The largest absolute Gasteiger partial charge is 0.370 e. The summed E-state index contributed by atoms with van der Waals surface area (Å²) in [6.45, 7) is 0. The van der Waals surface area contributed by atoms with Crippen LogP contribution < -0.4 is 11.5 Å². The molecule has 17 heavy (non-hydrogen) atoms. The summed E-state index contributed by atoms with van der Waals surface area (Å²) in [5.41, 5.74) is 12.2. The van der Waals surface area contributed by atoms with Crippen LogP contribution in [-0.2, 0) is 0 Å². The van der Waals surface area contributed by atoms with Gasteiger partial charge >= 0.3 is 0 Å². The van der Waals surface area contributed by atoms with Crippen LogP contribution in [0.2, 0.25) is 5.02 Å². The van der Waals surface area contributed by atoms with Crippen molar-refractivity contribution in [2.75, 3.05) is 0 Å². The third-order valence-corrected chi connectivity index (χ3v) is 2.46. The average Bonchev–Trinajstić information content (AvgIpc) is 2.29. The molecule has 2 rings (SSSR count). The fourth-order valence-corrected chi connectivity index (χ4v) is 1.67. The standard InChI is InChI=1S/C12H11ClN4/c13-9-5-2-1-4-8(9)10-6-3-7-11(16-10)17-12(14)15/h1-7H,(H4,14,15,16,17). The molecule has 0 fully saturated rings. The lowest BCUT2D eigenvalue weighted by Crippen LogP contribution is -2.22. The Kier molecular flexibility index (Phi) is 3.25. The summed E-state index contributed by atoms with van der Waals surface area (Å²) in [4.78, 5) is 8.21. The number of guanidine groups is 1. The summed E-state index contributed by atoms with van der Waals surface area (Å²) in [6.07, 6.45) is 0. The Morgan fingerprint density at radius 2 is 1.82 bits per heavy atom. The molecule has 0 spiro atoms. The maximum Gasteiger partial charge on any atom is 0.192 e. The molecule has 0 bridgehead atoms. The van der Waals surface area contributed by atoms with Gasteiger partial charge in [0.05, 0.1) is 5.69 Å². The minimum absolute atomic E-state index is 0.0196. The van der Waals surface area contributed by atoms with E-state index in [4.69, 9.17) is 23.1 Å². The van der Waals surface area contributed by atoms with E-state index in [2.05, 4.69) is 9.98 Å². The van der Waals surface area contributed by atoms with E-state index in [1.165, 1.54) is 0 Å². The van der Waals surface area contributed by atoms with Crippen LogP contribution in [0.5, 0.6) is 0 Å². The van der Waals surface area contributed by atoms with Gasteiger partial charge in [-0.1, -0.05) is 35.9 Å². The van der Waals surface area contributed by atoms with Crippen molar-refractivity contribution in [3.63, 3.8) is 0 Å². The van der Waals surface area contributed by atoms with Crippen LogP contribution >= 0.6 is 11.6 Å². The number of aliphatic imine (C=N–C) groups is 1. The minimum atomic E-state index is -0.0196. The van der Waals surface area contributed by atoms with Gasteiger partial charge in [-0.05, 0) is 18.2 Å². The van der Waals surface area contributed by atoms with Gasteiger partial charge < -0.3 is 11.5 Å². The van der Waals surface area contributed by atoms with Crippen molar-refractivity contribution >= 4 is 23.4 Å². The summed E-state index contributed by atoms with van der Waals surface area (Å²) in [6, 6.07) is 12.9. The molecule has 0 radical (unpaired) electrons. The first-order valence-corrected chi connectivity index (χ1v) is 5.36. The van der Waals surface area contributed by atoms with Crippen molar-refractivity contribution in [3.05, 3.63) is 47.5 Å². The number of hydrogen-bond acceptors (Lipinski definition) is 2. The number of rotatable bonds is 2. The van der Waals surface area contributed by atoms with E-state index in [0.717, 1.165) is 11.3 Å². The number of pyridine rings is 1. The molecule has 0 unspecified atom stereocenters. The predicted octanol–water partition coefficient (Wildman–Crippen LogP) is 2.31. The number of halogens is 1. The molecule has 5 heteroatoms. The Bertz CT molecular complexity index is 562. The number of aromatic nitrogens is 1. The van der Waals surface area contributed by atoms with Crippen molar-refractivity contribution in [2.24, 2.45) is 16.5 Å². The van der Waals surface area contributed by atoms with Crippen molar-refractivity contribution in [1.82, 2.24) is 4.98 Å². The van der Waals surface area contributed by atoms with Gasteiger partial charge in [0.2, 0.25) is 0 Å². The summed E-state index contributed by atoms with van der Waals surface area (Å²) >= 11 is 6.09.